The third-order valence-corrected chi connectivity index (χ3v) is 4.06. The van der Waals surface area contributed by atoms with Crippen LogP contribution in [0, 0.1) is 10.5 Å². The second-order valence-electron chi connectivity index (χ2n) is 4.98. The van der Waals surface area contributed by atoms with Gasteiger partial charge in [-0.2, -0.15) is 0 Å². The first kappa shape index (κ1) is 15.8. The zero-order valence-electron chi connectivity index (χ0n) is 11.9. The van der Waals surface area contributed by atoms with Crippen LogP contribution in [0.2, 0.25) is 0 Å². The lowest BCUT2D eigenvalue weighted by atomic mass is 10.1. The van der Waals surface area contributed by atoms with E-state index in [4.69, 9.17) is 5.11 Å². The Labute approximate surface area is 138 Å². The summed E-state index contributed by atoms with van der Waals surface area (Å²) in [4.78, 5) is 13.0. The van der Waals surface area contributed by atoms with Gasteiger partial charge in [0, 0.05) is 22.3 Å². The van der Waals surface area contributed by atoms with E-state index in [0.29, 0.717) is 6.54 Å². The van der Waals surface area contributed by atoms with Gasteiger partial charge in [-0.15, -0.1) is 0 Å². The fraction of sp³-hybridized carbons (Fsp3) is 0.235. The molecule has 0 atom stereocenters. The van der Waals surface area contributed by atoms with Crippen LogP contribution in [-0.2, 0) is 11.3 Å². The van der Waals surface area contributed by atoms with Crippen LogP contribution >= 0.6 is 22.6 Å². The van der Waals surface area contributed by atoms with Gasteiger partial charge < -0.3 is 10.0 Å². The Kier molecular flexibility index (Phi) is 5.61. The fourth-order valence-electron chi connectivity index (χ4n) is 2.24. The Balaban J connectivity index is 2.21. The molecule has 0 aliphatic heterocycles. The summed E-state index contributed by atoms with van der Waals surface area (Å²) in [5, 5.41) is 8.95. The van der Waals surface area contributed by atoms with Crippen molar-refractivity contribution in [3.05, 3.63) is 63.2 Å². The highest BCUT2D eigenvalue weighted by Crippen LogP contribution is 2.22. The Morgan fingerprint density at radius 1 is 1.14 bits per heavy atom. The van der Waals surface area contributed by atoms with Gasteiger partial charge in [0.25, 0.3) is 0 Å². The van der Waals surface area contributed by atoms with Crippen molar-refractivity contribution in [1.82, 2.24) is 0 Å². The normalized spacial score (nSPS) is 10.4. The Morgan fingerprint density at radius 3 is 2.43 bits per heavy atom. The molecule has 0 heterocycles. The monoisotopic (exact) mass is 395 g/mol. The molecule has 0 aliphatic rings. The highest BCUT2D eigenvalue weighted by molar-refractivity contribution is 14.1. The summed E-state index contributed by atoms with van der Waals surface area (Å²) in [6, 6.07) is 16.4. The van der Waals surface area contributed by atoms with Crippen LogP contribution in [0.5, 0.6) is 0 Å². The summed E-state index contributed by atoms with van der Waals surface area (Å²) in [5.41, 5.74) is 3.44. The number of benzene rings is 2. The number of halogens is 1. The van der Waals surface area contributed by atoms with Gasteiger partial charge in [0.15, 0.2) is 0 Å². The number of rotatable bonds is 6. The van der Waals surface area contributed by atoms with Crippen LogP contribution in [0.15, 0.2) is 48.5 Å². The molecule has 21 heavy (non-hydrogen) atoms. The number of anilines is 1. The van der Waals surface area contributed by atoms with Gasteiger partial charge in [-0.1, -0.05) is 30.3 Å². The van der Waals surface area contributed by atoms with E-state index in [-0.39, 0.29) is 6.42 Å². The largest absolute Gasteiger partial charge is 0.481 e. The second-order valence-corrected chi connectivity index (χ2v) is 6.22. The van der Waals surface area contributed by atoms with Gasteiger partial charge >= 0.3 is 5.97 Å². The molecule has 1 N–H and O–H groups in total. The van der Waals surface area contributed by atoms with Crippen molar-refractivity contribution in [3.8, 4) is 0 Å². The first-order valence-electron chi connectivity index (χ1n) is 6.83. The maximum absolute atomic E-state index is 10.9. The molecular weight excluding hydrogens is 377 g/mol. The third-order valence-electron chi connectivity index (χ3n) is 3.34. The zero-order valence-corrected chi connectivity index (χ0v) is 14.1. The minimum Gasteiger partial charge on any atom is -0.481 e. The number of para-hydroxylation sites is 1. The molecule has 2 aromatic carbocycles. The number of aryl methyl sites for hydroxylation is 1. The molecule has 0 saturated carbocycles. The molecule has 0 aliphatic carbocycles. The van der Waals surface area contributed by atoms with E-state index in [0.717, 1.165) is 17.8 Å². The van der Waals surface area contributed by atoms with Crippen molar-refractivity contribution in [2.75, 3.05) is 11.4 Å². The van der Waals surface area contributed by atoms with Gasteiger partial charge in [-0.25, -0.2) is 0 Å². The highest BCUT2D eigenvalue weighted by atomic mass is 127. The minimum absolute atomic E-state index is 0.138. The highest BCUT2D eigenvalue weighted by Gasteiger charge is 2.11. The van der Waals surface area contributed by atoms with Crippen molar-refractivity contribution >= 4 is 34.2 Å². The molecule has 0 amide bonds. The lowest BCUT2D eigenvalue weighted by Gasteiger charge is -2.26. The molecule has 3 nitrogen and oxygen atoms in total. The van der Waals surface area contributed by atoms with E-state index in [1.165, 1.54) is 9.13 Å². The quantitative estimate of drug-likeness (QED) is 0.750. The molecule has 2 aromatic rings. The SMILES string of the molecule is Cc1ccccc1N(CCC(=O)O)Cc1ccc(I)cc1. The summed E-state index contributed by atoms with van der Waals surface area (Å²) in [6.07, 6.45) is 0.138. The number of carboxylic acid groups (broad SMARTS) is 1. The lowest BCUT2D eigenvalue weighted by molar-refractivity contribution is -0.136. The van der Waals surface area contributed by atoms with Crippen LogP contribution in [0.25, 0.3) is 0 Å². The van der Waals surface area contributed by atoms with Crippen LogP contribution in [0.1, 0.15) is 17.5 Å². The molecule has 0 aromatic heterocycles. The van der Waals surface area contributed by atoms with Crippen molar-refractivity contribution in [3.63, 3.8) is 0 Å². The number of carbonyl (C=O) groups is 1. The number of aliphatic carboxylic acids is 1. The number of nitrogens with zero attached hydrogens (tertiary/aromatic N) is 1. The van der Waals surface area contributed by atoms with E-state index >= 15 is 0 Å². The van der Waals surface area contributed by atoms with Crippen LogP contribution < -0.4 is 4.90 Å². The molecule has 0 unspecified atom stereocenters. The Hall–Kier alpha value is -1.56. The van der Waals surface area contributed by atoms with Crippen molar-refractivity contribution in [1.29, 1.82) is 0 Å². The van der Waals surface area contributed by atoms with Crippen LogP contribution in [0.4, 0.5) is 5.69 Å². The van der Waals surface area contributed by atoms with E-state index in [1.54, 1.807) is 0 Å². The predicted molar refractivity (Wildman–Crippen MR) is 93.6 cm³/mol. The summed E-state index contributed by atoms with van der Waals surface area (Å²) in [7, 11) is 0. The average molecular weight is 395 g/mol. The number of carboxylic acids is 1. The maximum Gasteiger partial charge on any atom is 0.305 e. The molecule has 0 radical (unpaired) electrons. The standard InChI is InChI=1S/C17H18INO2/c1-13-4-2-3-5-16(13)19(11-10-17(20)21)12-14-6-8-15(18)9-7-14/h2-9H,10-12H2,1H3,(H,20,21). The van der Waals surface area contributed by atoms with E-state index in [2.05, 4.69) is 64.7 Å². The molecular formula is C17H18INO2. The zero-order chi connectivity index (χ0) is 15.2. The van der Waals surface area contributed by atoms with Crippen molar-refractivity contribution in [2.24, 2.45) is 0 Å². The molecule has 4 heteroatoms. The van der Waals surface area contributed by atoms with Crippen molar-refractivity contribution in [2.45, 2.75) is 19.9 Å². The Bertz CT molecular complexity index is 610. The third kappa shape index (κ3) is 4.74. The smallest absolute Gasteiger partial charge is 0.305 e. The molecule has 2 rings (SSSR count). The fourth-order valence-corrected chi connectivity index (χ4v) is 2.60. The molecule has 0 fully saturated rings. The summed E-state index contributed by atoms with van der Waals surface area (Å²) >= 11 is 2.28. The number of hydrogen-bond donors (Lipinski definition) is 1. The summed E-state index contributed by atoms with van der Waals surface area (Å²) < 4.78 is 1.20. The van der Waals surface area contributed by atoms with Gasteiger partial charge in [0.05, 0.1) is 6.42 Å². The van der Waals surface area contributed by atoms with Gasteiger partial charge in [0.1, 0.15) is 0 Å². The van der Waals surface area contributed by atoms with Gasteiger partial charge in [-0.05, 0) is 58.8 Å². The van der Waals surface area contributed by atoms with E-state index in [1.807, 2.05) is 18.2 Å². The van der Waals surface area contributed by atoms with Gasteiger partial charge in [-0.3, -0.25) is 4.79 Å². The van der Waals surface area contributed by atoms with E-state index in [9.17, 15) is 4.79 Å². The van der Waals surface area contributed by atoms with E-state index < -0.39 is 5.97 Å². The molecule has 0 bridgehead atoms. The molecule has 0 spiro atoms. The van der Waals surface area contributed by atoms with Crippen molar-refractivity contribution < 1.29 is 9.90 Å². The minimum atomic E-state index is -0.767. The number of hydrogen-bond acceptors (Lipinski definition) is 2. The van der Waals surface area contributed by atoms with Gasteiger partial charge in [0.2, 0.25) is 0 Å². The topological polar surface area (TPSA) is 40.5 Å². The molecule has 110 valence electrons. The summed E-state index contributed by atoms with van der Waals surface area (Å²) in [6.45, 7) is 3.28. The maximum atomic E-state index is 10.9. The lowest BCUT2D eigenvalue weighted by Crippen LogP contribution is -2.26. The average Bonchev–Trinajstić information content (AvgIpc) is 2.46. The predicted octanol–water partition coefficient (Wildman–Crippen LogP) is 4.08. The second kappa shape index (κ2) is 7.45. The van der Waals surface area contributed by atoms with Crippen LogP contribution in [0.3, 0.4) is 0 Å². The molecule has 0 saturated heterocycles. The Morgan fingerprint density at radius 2 is 1.81 bits per heavy atom. The van der Waals surface area contributed by atoms with Crippen LogP contribution in [-0.4, -0.2) is 17.6 Å². The summed E-state index contributed by atoms with van der Waals surface area (Å²) in [5.74, 6) is -0.767. The first-order valence-corrected chi connectivity index (χ1v) is 7.91. The first-order chi connectivity index (χ1) is 10.1.